The molecule has 0 saturated heterocycles. The number of nitrogens with zero attached hydrogens (tertiary/aromatic N) is 3. The molecule has 1 unspecified atom stereocenters. The van der Waals surface area contributed by atoms with Gasteiger partial charge in [-0.2, -0.15) is 9.64 Å². The maximum atomic E-state index is 12.9. The van der Waals surface area contributed by atoms with Gasteiger partial charge in [0.2, 0.25) is 5.13 Å². The summed E-state index contributed by atoms with van der Waals surface area (Å²) >= 11 is 0.937. The molecule has 1 aromatic heterocycles. The Morgan fingerprint density at radius 2 is 1.85 bits per heavy atom. The average molecular weight is 572 g/mol. The number of nitriles is 1. The lowest BCUT2D eigenvalue weighted by atomic mass is 9.53. The van der Waals surface area contributed by atoms with Gasteiger partial charge in [-0.05, 0) is 66.3 Å². The van der Waals surface area contributed by atoms with Crippen LogP contribution >= 0.6 is 11.5 Å². The zero-order valence-electron chi connectivity index (χ0n) is 22.0. The van der Waals surface area contributed by atoms with Gasteiger partial charge in [0.1, 0.15) is 24.3 Å². The number of sulfonamides is 1. The molecule has 4 aromatic rings. The van der Waals surface area contributed by atoms with Gasteiger partial charge in [-0.25, -0.2) is 13.4 Å². The SMILES string of the molecule is CCNCC(CC12CCC(c3ccccc31)c1ccccc12)Oc1ccc(S(=O)(=O)Nc2ncns2)cc1C#N. The maximum absolute atomic E-state index is 12.9. The highest BCUT2D eigenvalue weighted by molar-refractivity contribution is 7.93. The van der Waals surface area contributed by atoms with Gasteiger partial charge in [0.05, 0.1) is 10.5 Å². The third-order valence-corrected chi connectivity index (χ3v) is 10.1. The number of likely N-dealkylation sites (N-methyl/N-ethyl adjacent to an activating group) is 1. The predicted octanol–water partition coefficient (Wildman–Crippen LogP) is 5.18. The van der Waals surface area contributed by atoms with Crippen molar-refractivity contribution in [1.82, 2.24) is 14.7 Å². The molecule has 40 heavy (non-hydrogen) atoms. The molecule has 0 radical (unpaired) electrons. The fraction of sp³-hybridized carbons (Fsp3) is 0.300. The van der Waals surface area contributed by atoms with E-state index < -0.39 is 10.0 Å². The van der Waals surface area contributed by atoms with Crippen molar-refractivity contribution < 1.29 is 13.2 Å². The van der Waals surface area contributed by atoms with Gasteiger partial charge < -0.3 is 10.1 Å². The van der Waals surface area contributed by atoms with Crippen LogP contribution in [0.1, 0.15) is 59.9 Å². The van der Waals surface area contributed by atoms with Crippen molar-refractivity contribution in [3.8, 4) is 11.8 Å². The molecular weight excluding hydrogens is 542 g/mol. The van der Waals surface area contributed by atoms with E-state index in [2.05, 4.69) is 80.9 Å². The van der Waals surface area contributed by atoms with Crippen LogP contribution in [-0.2, 0) is 15.4 Å². The summed E-state index contributed by atoms with van der Waals surface area (Å²) in [5.74, 6) is 0.776. The van der Waals surface area contributed by atoms with Gasteiger partial charge in [-0.1, -0.05) is 55.5 Å². The van der Waals surface area contributed by atoms with Crippen molar-refractivity contribution >= 4 is 26.7 Å². The topological polar surface area (TPSA) is 117 Å². The molecule has 3 aliphatic carbocycles. The summed E-state index contributed by atoms with van der Waals surface area (Å²) < 4.78 is 38.6. The molecule has 0 amide bonds. The van der Waals surface area contributed by atoms with Gasteiger partial charge in [-0.15, -0.1) is 0 Å². The lowest BCUT2D eigenvalue weighted by molar-refractivity contribution is 0.150. The lowest BCUT2D eigenvalue weighted by Gasteiger charge is -2.50. The molecule has 3 aromatic carbocycles. The minimum absolute atomic E-state index is 0.0399. The standard InChI is InChI=1S/C30H29N5O3S2/c1-2-32-18-21(38-28-12-11-22(15-20(28)17-31)40(36,37)35-29-33-19-34-39-29)16-30-14-13-23(24-7-3-5-9-26(24)30)25-8-4-6-10-27(25)30/h3-12,15,19,21,23,32H,2,13-14,16,18H2,1H3,(H,33,34,35). The Kier molecular flexibility index (Phi) is 7.04. The van der Waals surface area contributed by atoms with Crippen molar-refractivity contribution in [3.63, 3.8) is 0 Å². The van der Waals surface area contributed by atoms with Crippen molar-refractivity contribution in [3.05, 3.63) is 101 Å². The minimum atomic E-state index is -3.93. The molecule has 10 heteroatoms. The summed E-state index contributed by atoms with van der Waals surface area (Å²) in [6.45, 7) is 3.42. The first-order valence-corrected chi connectivity index (χ1v) is 15.6. The van der Waals surface area contributed by atoms with E-state index >= 15 is 0 Å². The average Bonchev–Trinajstić information content (AvgIpc) is 3.49. The second kappa shape index (κ2) is 10.7. The fourth-order valence-corrected chi connectivity index (χ4v) is 8.05. The summed E-state index contributed by atoms with van der Waals surface area (Å²) in [7, 11) is -3.93. The maximum Gasteiger partial charge on any atom is 0.263 e. The van der Waals surface area contributed by atoms with Gasteiger partial charge in [0.25, 0.3) is 10.0 Å². The van der Waals surface area contributed by atoms with Gasteiger partial charge >= 0.3 is 0 Å². The molecule has 2 N–H and O–H groups in total. The first kappa shape index (κ1) is 26.4. The molecule has 2 bridgehead atoms. The Bertz CT molecular complexity index is 1630. The minimum Gasteiger partial charge on any atom is -0.488 e. The predicted molar refractivity (Wildman–Crippen MR) is 154 cm³/mol. The molecule has 0 aliphatic heterocycles. The van der Waals surface area contributed by atoms with E-state index in [0.29, 0.717) is 18.2 Å². The zero-order chi connectivity index (χ0) is 27.7. The van der Waals surface area contributed by atoms with E-state index in [-0.39, 0.29) is 27.1 Å². The molecule has 204 valence electrons. The summed E-state index contributed by atoms with van der Waals surface area (Å²) in [5, 5.41) is 13.5. The zero-order valence-corrected chi connectivity index (χ0v) is 23.6. The highest BCUT2D eigenvalue weighted by Gasteiger charge is 2.49. The van der Waals surface area contributed by atoms with E-state index in [0.717, 1.165) is 37.3 Å². The third-order valence-electron chi connectivity index (χ3n) is 8.02. The molecule has 0 saturated carbocycles. The Hall–Kier alpha value is -3.78. The number of ether oxygens (including phenoxy) is 1. The van der Waals surface area contributed by atoms with Gasteiger partial charge in [0.15, 0.2) is 0 Å². The fourth-order valence-electron chi connectivity index (χ4n) is 6.37. The highest BCUT2D eigenvalue weighted by atomic mass is 32.2. The van der Waals surface area contributed by atoms with E-state index in [9.17, 15) is 13.7 Å². The quantitative estimate of drug-likeness (QED) is 0.269. The number of aromatic nitrogens is 2. The molecule has 8 nitrogen and oxygen atoms in total. The number of hydrogen-bond donors (Lipinski definition) is 2. The van der Waals surface area contributed by atoms with Crippen LogP contribution < -0.4 is 14.8 Å². The Morgan fingerprint density at radius 1 is 1.12 bits per heavy atom. The van der Waals surface area contributed by atoms with Crippen molar-refractivity contribution in [2.24, 2.45) is 0 Å². The normalized spacial score (nSPS) is 19.8. The molecule has 1 atom stereocenters. The van der Waals surface area contributed by atoms with Gasteiger partial charge in [-0.3, -0.25) is 4.72 Å². The van der Waals surface area contributed by atoms with Crippen molar-refractivity contribution in [2.45, 2.75) is 48.5 Å². The summed E-state index contributed by atoms with van der Waals surface area (Å²) in [6, 6.07) is 24.0. The Morgan fingerprint density at radius 3 is 2.50 bits per heavy atom. The molecule has 3 aliphatic rings. The molecule has 1 heterocycles. The second-order valence-electron chi connectivity index (χ2n) is 10.2. The van der Waals surface area contributed by atoms with Crippen LogP contribution in [0.3, 0.4) is 0 Å². The third kappa shape index (κ3) is 4.64. The molecule has 0 fully saturated rings. The largest absolute Gasteiger partial charge is 0.488 e. The monoisotopic (exact) mass is 571 g/mol. The van der Waals surface area contributed by atoms with Crippen molar-refractivity contribution in [1.29, 1.82) is 5.26 Å². The molecular formula is C30H29N5O3S2. The summed E-state index contributed by atoms with van der Waals surface area (Å²) in [5.41, 5.74) is 5.46. The smallest absolute Gasteiger partial charge is 0.263 e. The summed E-state index contributed by atoms with van der Waals surface area (Å²) in [6.07, 6.45) is 3.85. The molecule has 7 rings (SSSR count). The summed E-state index contributed by atoms with van der Waals surface area (Å²) in [4.78, 5) is 3.84. The Balaban J connectivity index is 1.34. The van der Waals surface area contributed by atoms with Crippen LogP contribution in [-0.4, -0.2) is 37.0 Å². The molecule has 0 spiro atoms. The van der Waals surface area contributed by atoms with Gasteiger partial charge in [0, 0.05) is 29.4 Å². The number of nitrogens with one attached hydrogen (secondary N) is 2. The lowest BCUT2D eigenvalue weighted by Crippen LogP contribution is -2.45. The number of fused-ring (bicyclic) bond motifs is 1. The van der Waals surface area contributed by atoms with E-state index in [1.807, 2.05) is 0 Å². The van der Waals surface area contributed by atoms with Crippen LogP contribution in [0.5, 0.6) is 5.75 Å². The number of rotatable bonds is 10. The first-order chi connectivity index (χ1) is 19.4. The van der Waals surface area contributed by atoms with Crippen LogP contribution in [0.25, 0.3) is 0 Å². The van der Waals surface area contributed by atoms with Crippen molar-refractivity contribution in [2.75, 3.05) is 17.8 Å². The first-order valence-electron chi connectivity index (χ1n) is 13.3. The van der Waals surface area contributed by atoms with Crippen LogP contribution in [0.4, 0.5) is 5.13 Å². The van der Waals surface area contributed by atoms with Crippen LogP contribution in [0, 0.1) is 11.3 Å². The van der Waals surface area contributed by atoms with Crippen LogP contribution in [0.2, 0.25) is 0 Å². The van der Waals surface area contributed by atoms with E-state index in [4.69, 9.17) is 4.74 Å². The highest BCUT2D eigenvalue weighted by Crippen LogP contribution is 2.58. The number of benzene rings is 3. The van der Waals surface area contributed by atoms with E-state index in [1.165, 1.54) is 40.7 Å². The second-order valence-corrected chi connectivity index (χ2v) is 12.7. The number of hydrogen-bond acceptors (Lipinski definition) is 8. The van der Waals surface area contributed by atoms with E-state index in [1.54, 1.807) is 6.07 Å². The number of anilines is 1. The van der Waals surface area contributed by atoms with Crippen LogP contribution in [0.15, 0.2) is 78.0 Å². The Labute approximate surface area is 238 Å².